The zero-order valence-electron chi connectivity index (χ0n) is 11.5. The second kappa shape index (κ2) is 6.45. The van der Waals surface area contributed by atoms with Crippen molar-refractivity contribution in [1.82, 2.24) is 0 Å². The van der Waals surface area contributed by atoms with Crippen LogP contribution in [-0.2, 0) is 0 Å². The molecule has 0 spiro atoms. The minimum Gasteiger partial charge on any atom is -0.507 e. The third-order valence-electron chi connectivity index (χ3n) is 3.03. The number of quaternary nitrogens is 1. The lowest BCUT2D eigenvalue weighted by Crippen LogP contribution is -2.50. The van der Waals surface area contributed by atoms with Crippen LogP contribution in [0.2, 0.25) is 0 Å². The highest BCUT2D eigenvalue weighted by atomic mass is 16.3. The van der Waals surface area contributed by atoms with Crippen molar-refractivity contribution in [3.8, 4) is 0 Å². The monoisotopic (exact) mass is 236 g/mol. The molecular formula is C15H26NO+. The summed E-state index contributed by atoms with van der Waals surface area (Å²) in [7, 11) is 4.16. The Bertz CT molecular complexity index is 326. The van der Waals surface area contributed by atoms with Gasteiger partial charge in [0, 0.05) is 6.42 Å². The van der Waals surface area contributed by atoms with Gasteiger partial charge < -0.3 is 9.59 Å². The maximum Gasteiger partial charge on any atom is 0.139 e. The Balaban J connectivity index is 4.72. The van der Waals surface area contributed by atoms with Crippen LogP contribution in [0.15, 0.2) is 49.3 Å². The number of aliphatic hydroxyl groups excluding tert-OH is 1. The predicted molar refractivity (Wildman–Crippen MR) is 75.9 cm³/mol. The van der Waals surface area contributed by atoms with Crippen molar-refractivity contribution in [2.24, 2.45) is 0 Å². The lowest BCUT2D eigenvalue weighted by atomic mass is 9.98. The minimum absolute atomic E-state index is 0.212. The number of likely N-dealkylation sites (N-methyl/N-ethyl adjacent to an activating group) is 1. The van der Waals surface area contributed by atoms with Crippen LogP contribution in [0.1, 0.15) is 19.8 Å². The second-order valence-electron chi connectivity index (χ2n) is 5.27. The highest BCUT2D eigenvalue weighted by Gasteiger charge is 2.29. The summed E-state index contributed by atoms with van der Waals surface area (Å²) in [6.45, 7) is 17.8. The molecule has 96 valence electrons. The molecule has 0 aromatic carbocycles. The fourth-order valence-electron chi connectivity index (χ4n) is 2.20. The van der Waals surface area contributed by atoms with Gasteiger partial charge in [-0.25, -0.2) is 0 Å². The van der Waals surface area contributed by atoms with E-state index in [1.54, 1.807) is 6.08 Å². The van der Waals surface area contributed by atoms with E-state index in [2.05, 4.69) is 40.4 Å². The Hall–Kier alpha value is -1.28. The van der Waals surface area contributed by atoms with E-state index in [0.29, 0.717) is 11.0 Å². The largest absolute Gasteiger partial charge is 0.507 e. The summed E-state index contributed by atoms with van der Waals surface area (Å²) < 4.78 is 0.662. The van der Waals surface area contributed by atoms with Crippen LogP contribution in [0.4, 0.5) is 0 Å². The molecule has 0 aliphatic carbocycles. The molecule has 1 N–H and O–H groups in total. The van der Waals surface area contributed by atoms with Gasteiger partial charge in [0.05, 0.1) is 14.1 Å². The summed E-state index contributed by atoms with van der Waals surface area (Å²) in [4.78, 5) is 0. The predicted octanol–water partition coefficient (Wildman–Crippen LogP) is 3.60. The molecule has 0 fully saturated rings. The summed E-state index contributed by atoms with van der Waals surface area (Å²) in [5.74, 6) is 0.212. The van der Waals surface area contributed by atoms with Gasteiger partial charge in [-0.2, -0.15) is 0 Å². The molecule has 17 heavy (non-hydrogen) atoms. The van der Waals surface area contributed by atoms with Gasteiger partial charge in [-0.3, -0.25) is 0 Å². The first-order chi connectivity index (χ1) is 7.70. The van der Waals surface area contributed by atoms with Gasteiger partial charge in [0.1, 0.15) is 18.3 Å². The number of rotatable bonds is 8. The summed E-state index contributed by atoms with van der Waals surface area (Å²) in [5.41, 5.74) is 2.16. The van der Waals surface area contributed by atoms with Crippen molar-refractivity contribution in [3.63, 3.8) is 0 Å². The third-order valence-corrected chi connectivity index (χ3v) is 3.03. The van der Waals surface area contributed by atoms with Crippen molar-refractivity contribution in [2.45, 2.75) is 25.8 Å². The highest BCUT2D eigenvalue weighted by Crippen LogP contribution is 2.22. The van der Waals surface area contributed by atoms with Crippen molar-refractivity contribution in [1.29, 1.82) is 0 Å². The van der Waals surface area contributed by atoms with E-state index in [4.69, 9.17) is 0 Å². The summed E-state index contributed by atoms with van der Waals surface area (Å²) in [5, 5.41) is 9.37. The molecule has 0 aliphatic heterocycles. The molecule has 0 bridgehead atoms. The summed E-state index contributed by atoms with van der Waals surface area (Å²) in [6.07, 6.45) is 3.65. The van der Waals surface area contributed by atoms with Crippen molar-refractivity contribution < 1.29 is 9.59 Å². The van der Waals surface area contributed by atoms with Gasteiger partial charge in [-0.05, 0) is 18.9 Å². The Morgan fingerprint density at radius 3 is 2.18 bits per heavy atom. The molecule has 0 saturated carbocycles. The van der Waals surface area contributed by atoms with Gasteiger partial charge in [0.25, 0.3) is 0 Å². The average Bonchev–Trinajstić information content (AvgIpc) is 2.14. The second-order valence-corrected chi connectivity index (χ2v) is 5.27. The number of nitrogens with zero attached hydrogens (tertiary/aromatic N) is 1. The van der Waals surface area contributed by atoms with Crippen molar-refractivity contribution in [3.05, 3.63) is 49.3 Å². The lowest BCUT2D eigenvalue weighted by Gasteiger charge is -2.38. The normalized spacial score (nSPS) is 12.9. The van der Waals surface area contributed by atoms with Crippen LogP contribution in [0.5, 0.6) is 0 Å². The van der Waals surface area contributed by atoms with E-state index in [-0.39, 0.29) is 11.8 Å². The van der Waals surface area contributed by atoms with E-state index >= 15 is 0 Å². The van der Waals surface area contributed by atoms with Crippen LogP contribution < -0.4 is 0 Å². The van der Waals surface area contributed by atoms with Crippen LogP contribution in [0.3, 0.4) is 0 Å². The number of allylic oxidation sites excluding steroid dienone is 2. The summed E-state index contributed by atoms with van der Waals surface area (Å²) >= 11 is 0. The number of aliphatic hydroxyl groups is 1. The van der Waals surface area contributed by atoms with Crippen molar-refractivity contribution in [2.75, 3.05) is 20.6 Å². The standard InChI is InChI=1S/C15H25NO/c1-8-13(4)9-10-15(12(2)3)16(6,7)11-14(5)17/h8,15H,1-2,4-5,9-11H2,3,6-7H3/p+1. The molecule has 1 atom stereocenters. The zero-order chi connectivity index (χ0) is 13.6. The van der Waals surface area contributed by atoms with Gasteiger partial charge in [-0.15, -0.1) is 0 Å². The third kappa shape index (κ3) is 5.55. The van der Waals surface area contributed by atoms with E-state index in [9.17, 15) is 5.11 Å². The van der Waals surface area contributed by atoms with Crippen molar-refractivity contribution >= 4 is 0 Å². The molecule has 0 radical (unpaired) electrons. The van der Waals surface area contributed by atoms with Crippen LogP contribution >= 0.6 is 0 Å². The maximum atomic E-state index is 9.37. The Kier molecular flexibility index (Phi) is 5.97. The molecule has 0 heterocycles. The minimum atomic E-state index is 0.212. The first kappa shape index (κ1) is 15.7. The maximum absolute atomic E-state index is 9.37. The highest BCUT2D eigenvalue weighted by molar-refractivity contribution is 5.12. The Labute approximate surface area is 106 Å². The lowest BCUT2D eigenvalue weighted by molar-refractivity contribution is -0.906. The Morgan fingerprint density at radius 2 is 1.82 bits per heavy atom. The first-order valence-corrected chi connectivity index (χ1v) is 5.85. The van der Waals surface area contributed by atoms with Gasteiger partial charge in [0.15, 0.2) is 0 Å². The molecule has 0 aliphatic rings. The van der Waals surface area contributed by atoms with E-state index in [0.717, 1.165) is 24.0 Å². The quantitative estimate of drug-likeness (QED) is 0.295. The molecule has 1 unspecified atom stereocenters. The van der Waals surface area contributed by atoms with Crippen LogP contribution in [0.25, 0.3) is 0 Å². The molecule has 2 heteroatoms. The Morgan fingerprint density at radius 1 is 1.29 bits per heavy atom. The van der Waals surface area contributed by atoms with Gasteiger partial charge in [-0.1, -0.05) is 38.0 Å². The van der Waals surface area contributed by atoms with E-state index in [1.807, 2.05) is 6.92 Å². The molecule has 0 aromatic rings. The fraction of sp³-hybridized carbons (Fsp3) is 0.467. The molecule has 0 rings (SSSR count). The molecule has 2 nitrogen and oxygen atoms in total. The topological polar surface area (TPSA) is 20.2 Å². The van der Waals surface area contributed by atoms with E-state index < -0.39 is 0 Å². The molecule has 0 aromatic heterocycles. The van der Waals surface area contributed by atoms with Crippen LogP contribution in [0, 0.1) is 0 Å². The summed E-state index contributed by atoms with van der Waals surface area (Å²) in [6, 6.07) is 0.288. The van der Waals surface area contributed by atoms with Gasteiger partial charge >= 0.3 is 0 Å². The molecule has 0 saturated heterocycles. The average molecular weight is 236 g/mol. The van der Waals surface area contributed by atoms with E-state index in [1.165, 1.54) is 0 Å². The number of hydrogen-bond donors (Lipinski definition) is 1. The van der Waals surface area contributed by atoms with Crippen LogP contribution in [-0.4, -0.2) is 36.3 Å². The molecular weight excluding hydrogens is 210 g/mol. The zero-order valence-corrected chi connectivity index (χ0v) is 11.5. The number of hydrogen-bond acceptors (Lipinski definition) is 1. The SMILES string of the molecule is C=CC(=C)CCC(C(=C)C)[N+](C)(C)CC(=C)O. The van der Waals surface area contributed by atoms with Gasteiger partial charge in [0.2, 0.25) is 0 Å². The molecule has 0 amide bonds. The smallest absolute Gasteiger partial charge is 0.139 e. The fourth-order valence-corrected chi connectivity index (χ4v) is 2.20. The first-order valence-electron chi connectivity index (χ1n) is 5.85.